The average molecular weight is 515 g/mol. The van der Waals surface area contributed by atoms with Crippen molar-refractivity contribution in [2.45, 2.75) is 45.1 Å². The molecule has 0 fully saturated rings. The molecule has 2 aliphatic rings. The maximum atomic E-state index is 13.7. The minimum atomic E-state index is -0.336. The Morgan fingerprint density at radius 1 is 0.684 bits per heavy atom. The first kappa shape index (κ1) is 24.2. The fraction of sp³-hybridized carbons (Fsp3) is 0.226. The standard InChI is InChI=1S/C19H15F2NO.C12H10FNO/c20-13-6-4-12(5-7-13)11-22-16-9-8-14(21)10-15(16)19-17(22)2-1-3-18(19)23;13-7-4-5-9-8(6-7)12-10(14-9)2-1-3-11(12)15/h4-10H,1-3,11H2;4-6,14H,1-3H2. The van der Waals surface area contributed by atoms with E-state index in [4.69, 9.17) is 0 Å². The van der Waals surface area contributed by atoms with Crippen molar-refractivity contribution in [1.82, 2.24) is 9.55 Å². The number of carbonyl (C=O) groups excluding carboxylic acids is 2. The van der Waals surface area contributed by atoms with Crippen LogP contribution in [0.3, 0.4) is 0 Å². The molecular formula is C31H25F3N2O2. The summed E-state index contributed by atoms with van der Waals surface area (Å²) in [6.45, 7) is 0.547. The number of benzene rings is 3. The summed E-state index contributed by atoms with van der Waals surface area (Å²) < 4.78 is 41.9. The third-order valence-electron chi connectivity index (χ3n) is 7.43. The molecule has 0 atom stereocenters. The molecule has 4 nitrogen and oxygen atoms in total. The molecule has 192 valence electrons. The molecule has 0 amide bonds. The predicted octanol–water partition coefficient (Wildman–Crippen LogP) is 7.31. The molecule has 0 radical (unpaired) electrons. The van der Waals surface area contributed by atoms with Crippen LogP contribution in [0.4, 0.5) is 13.2 Å². The van der Waals surface area contributed by atoms with Gasteiger partial charge in [0.2, 0.25) is 0 Å². The quantitative estimate of drug-likeness (QED) is 0.269. The zero-order chi connectivity index (χ0) is 26.4. The molecule has 0 bridgehead atoms. The molecule has 38 heavy (non-hydrogen) atoms. The van der Waals surface area contributed by atoms with Gasteiger partial charge in [0.05, 0.1) is 0 Å². The highest BCUT2D eigenvalue weighted by Gasteiger charge is 2.26. The number of carbonyl (C=O) groups is 2. The minimum Gasteiger partial charge on any atom is -0.358 e. The third-order valence-corrected chi connectivity index (χ3v) is 7.43. The highest BCUT2D eigenvalue weighted by atomic mass is 19.1. The summed E-state index contributed by atoms with van der Waals surface area (Å²) in [4.78, 5) is 27.3. The van der Waals surface area contributed by atoms with E-state index in [1.165, 1.54) is 36.4 Å². The van der Waals surface area contributed by atoms with E-state index < -0.39 is 0 Å². The van der Waals surface area contributed by atoms with Gasteiger partial charge in [0.15, 0.2) is 11.6 Å². The van der Waals surface area contributed by atoms with Crippen molar-refractivity contribution in [3.8, 4) is 0 Å². The number of nitrogens with one attached hydrogen (secondary N) is 1. The summed E-state index contributed by atoms with van der Waals surface area (Å²) in [5, 5.41) is 1.42. The maximum absolute atomic E-state index is 13.7. The summed E-state index contributed by atoms with van der Waals surface area (Å²) in [5.41, 5.74) is 5.96. The van der Waals surface area contributed by atoms with Crippen molar-refractivity contribution in [2.24, 2.45) is 0 Å². The fourth-order valence-corrected chi connectivity index (χ4v) is 5.72. The minimum absolute atomic E-state index is 0.0831. The maximum Gasteiger partial charge on any atom is 0.165 e. The molecule has 2 aromatic heterocycles. The summed E-state index contributed by atoms with van der Waals surface area (Å²) in [7, 11) is 0. The second kappa shape index (κ2) is 9.63. The van der Waals surface area contributed by atoms with E-state index in [2.05, 4.69) is 9.55 Å². The van der Waals surface area contributed by atoms with Crippen LogP contribution in [0, 0.1) is 17.5 Å². The number of aromatic amines is 1. The number of aryl methyl sites for hydroxylation is 1. The van der Waals surface area contributed by atoms with Crippen LogP contribution < -0.4 is 0 Å². The Bertz CT molecular complexity index is 1710. The summed E-state index contributed by atoms with van der Waals surface area (Å²) >= 11 is 0. The molecule has 7 heteroatoms. The van der Waals surface area contributed by atoms with E-state index in [0.717, 1.165) is 59.1 Å². The SMILES string of the molecule is O=C1CCCc2[nH]c3ccc(F)cc3c21.O=C1CCCc2c1c1cc(F)ccc1n2Cc1ccc(F)cc1. The molecule has 0 saturated carbocycles. The van der Waals surface area contributed by atoms with Gasteiger partial charge in [-0.1, -0.05) is 12.1 Å². The monoisotopic (exact) mass is 514 g/mol. The first-order chi connectivity index (χ1) is 18.4. The molecule has 0 saturated heterocycles. The summed E-state index contributed by atoms with van der Waals surface area (Å²) in [5.74, 6) is -0.682. The van der Waals surface area contributed by atoms with Crippen molar-refractivity contribution < 1.29 is 22.8 Å². The number of H-pyrrole nitrogens is 1. The van der Waals surface area contributed by atoms with Gasteiger partial charge in [-0.25, -0.2) is 13.2 Å². The van der Waals surface area contributed by atoms with Crippen LogP contribution in [0.1, 0.15) is 63.4 Å². The van der Waals surface area contributed by atoms with Gasteiger partial charge in [0, 0.05) is 63.7 Å². The molecule has 7 rings (SSSR count). The first-order valence-corrected chi connectivity index (χ1v) is 12.8. The Kier molecular flexibility index (Phi) is 6.14. The van der Waals surface area contributed by atoms with E-state index in [1.807, 2.05) is 0 Å². The number of ketones is 2. The fourth-order valence-electron chi connectivity index (χ4n) is 5.72. The Labute approximate surface area is 217 Å². The Morgan fingerprint density at radius 3 is 2.08 bits per heavy atom. The predicted molar refractivity (Wildman–Crippen MR) is 140 cm³/mol. The first-order valence-electron chi connectivity index (χ1n) is 12.8. The van der Waals surface area contributed by atoms with Gasteiger partial charge in [-0.2, -0.15) is 0 Å². The van der Waals surface area contributed by atoms with E-state index >= 15 is 0 Å². The van der Waals surface area contributed by atoms with Crippen molar-refractivity contribution in [2.75, 3.05) is 0 Å². The highest BCUT2D eigenvalue weighted by molar-refractivity contribution is 6.11. The van der Waals surface area contributed by atoms with Gasteiger partial charge in [-0.3, -0.25) is 9.59 Å². The number of hydrogen-bond donors (Lipinski definition) is 1. The molecule has 3 aromatic carbocycles. The van der Waals surface area contributed by atoms with Gasteiger partial charge in [0.1, 0.15) is 17.5 Å². The molecule has 1 N–H and O–H groups in total. The number of nitrogens with zero attached hydrogens (tertiary/aromatic N) is 1. The van der Waals surface area contributed by atoms with E-state index in [1.54, 1.807) is 24.3 Å². The van der Waals surface area contributed by atoms with Crippen molar-refractivity contribution in [3.05, 3.63) is 106 Å². The van der Waals surface area contributed by atoms with Crippen LogP contribution in [0.2, 0.25) is 0 Å². The van der Waals surface area contributed by atoms with Gasteiger partial charge < -0.3 is 9.55 Å². The number of hydrogen-bond acceptors (Lipinski definition) is 2. The van der Waals surface area contributed by atoms with Gasteiger partial charge in [0.25, 0.3) is 0 Å². The van der Waals surface area contributed by atoms with Crippen LogP contribution in [0.15, 0.2) is 60.7 Å². The lowest BCUT2D eigenvalue weighted by Crippen LogP contribution is -2.13. The molecular weight excluding hydrogens is 489 g/mol. The number of Topliss-reactive ketones (excluding diaryl/α,β-unsaturated/α-hetero) is 2. The van der Waals surface area contributed by atoms with Crippen molar-refractivity contribution >= 4 is 33.4 Å². The third kappa shape index (κ3) is 4.32. The number of aromatic nitrogens is 2. The van der Waals surface area contributed by atoms with Gasteiger partial charge in [-0.05, 0) is 79.8 Å². The lowest BCUT2D eigenvalue weighted by molar-refractivity contribution is 0.0965. The molecule has 5 aromatic rings. The topological polar surface area (TPSA) is 54.9 Å². The van der Waals surface area contributed by atoms with E-state index in [0.29, 0.717) is 35.9 Å². The Hall–Kier alpha value is -4.13. The summed E-state index contributed by atoms with van der Waals surface area (Å²) in [6.07, 6.45) is 4.49. The van der Waals surface area contributed by atoms with Gasteiger partial charge >= 0.3 is 0 Å². The van der Waals surface area contributed by atoms with Crippen molar-refractivity contribution in [1.29, 1.82) is 0 Å². The number of fused-ring (bicyclic) bond motifs is 6. The zero-order valence-electron chi connectivity index (χ0n) is 20.6. The second-order valence-corrected chi connectivity index (χ2v) is 9.92. The van der Waals surface area contributed by atoms with Gasteiger partial charge in [-0.15, -0.1) is 0 Å². The largest absolute Gasteiger partial charge is 0.358 e. The molecule has 0 spiro atoms. The second-order valence-electron chi connectivity index (χ2n) is 9.92. The molecule has 2 aliphatic carbocycles. The van der Waals surface area contributed by atoms with Crippen LogP contribution in [0.25, 0.3) is 21.8 Å². The van der Waals surface area contributed by atoms with Crippen LogP contribution >= 0.6 is 0 Å². The smallest absolute Gasteiger partial charge is 0.165 e. The van der Waals surface area contributed by atoms with E-state index in [9.17, 15) is 22.8 Å². The average Bonchev–Trinajstić information content (AvgIpc) is 3.42. The van der Waals surface area contributed by atoms with E-state index in [-0.39, 0.29) is 29.0 Å². The normalized spacial score (nSPS) is 14.8. The lowest BCUT2D eigenvalue weighted by atomic mass is 9.94. The highest BCUT2D eigenvalue weighted by Crippen LogP contribution is 2.33. The molecule has 0 aliphatic heterocycles. The van der Waals surface area contributed by atoms with Crippen molar-refractivity contribution in [3.63, 3.8) is 0 Å². The molecule has 0 unspecified atom stereocenters. The number of halogens is 3. The number of rotatable bonds is 2. The van der Waals surface area contributed by atoms with Crippen LogP contribution in [0.5, 0.6) is 0 Å². The Morgan fingerprint density at radius 2 is 1.32 bits per heavy atom. The lowest BCUT2D eigenvalue weighted by Gasteiger charge is -2.15. The van der Waals surface area contributed by atoms with Crippen LogP contribution in [-0.4, -0.2) is 21.1 Å². The van der Waals surface area contributed by atoms with Crippen LogP contribution in [-0.2, 0) is 19.4 Å². The zero-order valence-corrected chi connectivity index (χ0v) is 20.6. The Balaban J connectivity index is 0.000000152. The summed E-state index contributed by atoms with van der Waals surface area (Å²) in [6, 6.07) is 15.5. The molecule has 2 heterocycles.